The van der Waals surface area contributed by atoms with Crippen molar-refractivity contribution in [2.75, 3.05) is 6.54 Å². The van der Waals surface area contributed by atoms with E-state index in [1.165, 1.54) is 10.7 Å². The number of hydrogen-bond donors (Lipinski definition) is 1. The Morgan fingerprint density at radius 2 is 1.96 bits per heavy atom. The van der Waals surface area contributed by atoms with Gasteiger partial charge in [0.15, 0.2) is 0 Å². The summed E-state index contributed by atoms with van der Waals surface area (Å²) in [5.74, 6) is 0. The molecule has 1 aliphatic rings. The van der Waals surface area contributed by atoms with Gasteiger partial charge >= 0.3 is 0 Å². The van der Waals surface area contributed by atoms with Gasteiger partial charge in [-0.05, 0) is 59.3 Å². The minimum atomic E-state index is -3.63. The second-order valence-corrected chi connectivity index (χ2v) is 8.30. The molecule has 3 rings (SSSR count). The van der Waals surface area contributed by atoms with Crippen molar-refractivity contribution in [3.05, 3.63) is 56.4 Å². The van der Waals surface area contributed by atoms with Crippen molar-refractivity contribution in [1.29, 1.82) is 0 Å². The third-order valence-electron chi connectivity index (χ3n) is 4.02. The molecule has 0 saturated carbocycles. The minimum Gasteiger partial charge on any atom is -0.268 e. The SMILES string of the molecule is O=c1cc2c(nn1CCNS(=O)(=O)c1ccccc1Br)CCCC2. The summed E-state index contributed by atoms with van der Waals surface area (Å²) in [5.41, 5.74) is 1.79. The van der Waals surface area contributed by atoms with Crippen molar-refractivity contribution < 1.29 is 8.42 Å². The molecule has 0 radical (unpaired) electrons. The molecule has 0 fully saturated rings. The molecule has 1 N–H and O–H groups in total. The molecule has 0 aliphatic heterocycles. The molecule has 128 valence electrons. The number of aromatic nitrogens is 2. The van der Waals surface area contributed by atoms with Crippen LogP contribution in [0.2, 0.25) is 0 Å². The molecule has 0 atom stereocenters. The highest BCUT2D eigenvalue weighted by Crippen LogP contribution is 2.20. The van der Waals surface area contributed by atoms with E-state index in [0.29, 0.717) is 4.47 Å². The first-order valence-electron chi connectivity index (χ1n) is 7.81. The third kappa shape index (κ3) is 3.76. The quantitative estimate of drug-likeness (QED) is 0.813. The summed E-state index contributed by atoms with van der Waals surface area (Å²) in [4.78, 5) is 12.3. The average Bonchev–Trinajstić information content (AvgIpc) is 2.55. The number of halogens is 1. The van der Waals surface area contributed by atoms with Gasteiger partial charge in [0.25, 0.3) is 5.56 Å². The lowest BCUT2D eigenvalue weighted by molar-refractivity contribution is 0.526. The average molecular weight is 412 g/mol. The van der Waals surface area contributed by atoms with Gasteiger partial charge in [-0.2, -0.15) is 5.10 Å². The van der Waals surface area contributed by atoms with Crippen LogP contribution in [0, 0.1) is 0 Å². The van der Waals surface area contributed by atoms with Crippen molar-refractivity contribution in [3.63, 3.8) is 0 Å². The van der Waals surface area contributed by atoms with E-state index < -0.39 is 10.0 Å². The van der Waals surface area contributed by atoms with Gasteiger partial charge in [-0.3, -0.25) is 4.79 Å². The van der Waals surface area contributed by atoms with E-state index in [1.54, 1.807) is 24.3 Å². The molecule has 0 bridgehead atoms. The topological polar surface area (TPSA) is 81.1 Å². The van der Waals surface area contributed by atoms with Crippen LogP contribution in [-0.2, 0) is 29.4 Å². The van der Waals surface area contributed by atoms with Gasteiger partial charge in [-0.25, -0.2) is 17.8 Å². The summed E-state index contributed by atoms with van der Waals surface area (Å²) in [6.07, 6.45) is 3.93. The molecular formula is C16H18BrN3O3S. The van der Waals surface area contributed by atoms with Gasteiger partial charge in [0, 0.05) is 17.1 Å². The Morgan fingerprint density at radius 1 is 1.21 bits per heavy atom. The van der Waals surface area contributed by atoms with Crippen molar-refractivity contribution in [1.82, 2.24) is 14.5 Å². The number of nitrogens with one attached hydrogen (secondary N) is 1. The van der Waals surface area contributed by atoms with Gasteiger partial charge in [0.1, 0.15) is 0 Å². The molecule has 0 amide bonds. The van der Waals surface area contributed by atoms with Crippen LogP contribution in [0.4, 0.5) is 0 Å². The molecule has 2 aromatic rings. The Balaban J connectivity index is 1.71. The zero-order chi connectivity index (χ0) is 17.2. The second kappa shape index (κ2) is 7.16. The summed E-state index contributed by atoms with van der Waals surface area (Å²) in [7, 11) is -3.63. The van der Waals surface area contributed by atoms with Crippen molar-refractivity contribution in [2.45, 2.75) is 37.1 Å². The highest BCUT2D eigenvalue weighted by molar-refractivity contribution is 9.10. The van der Waals surface area contributed by atoms with Crippen LogP contribution in [0.3, 0.4) is 0 Å². The van der Waals surface area contributed by atoms with Crippen molar-refractivity contribution >= 4 is 26.0 Å². The number of aryl methyl sites for hydroxylation is 2. The van der Waals surface area contributed by atoms with Gasteiger partial charge in [0.2, 0.25) is 10.0 Å². The standard InChI is InChI=1S/C16H18BrN3O3S/c17-13-6-2-4-8-15(13)24(22,23)18-9-10-20-16(21)11-12-5-1-3-7-14(12)19-20/h2,4,6,8,11,18H,1,3,5,7,9-10H2. The number of benzene rings is 1. The van der Waals surface area contributed by atoms with E-state index in [0.717, 1.165) is 36.9 Å². The van der Waals surface area contributed by atoms with Crippen molar-refractivity contribution in [3.8, 4) is 0 Å². The predicted molar refractivity (Wildman–Crippen MR) is 94.5 cm³/mol. The highest BCUT2D eigenvalue weighted by atomic mass is 79.9. The molecule has 24 heavy (non-hydrogen) atoms. The van der Waals surface area contributed by atoms with Crippen LogP contribution in [0.15, 0.2) is 44.5 Å². The van der Waals surface area contributed by atoms with Crippen LogP contribution in [0.1, 0.15) is 24.1 Å². The molecule has 1 aliphatic carbocycles. The van der Waals surface area contributed by atoms with Crippen LogP contribution in [0.5, 0.6) is 0 Å². The van der Waals surface area contributed by atoms with Gasteiger partial charge in [0.05, 0.1) is 17.1 Å². The fraction of sp³-hybridized carbons (Fsp3) is 0.375. The van der Waals surface area contributed by atoms with Crippen LogP contribution < -0.4 is 10.3 Å². The molecule has 8 heteroatoms. The summed E-state index contributed by atoms with van der Waals surface area (Å²) >= 11 is 3.23. The Kier molecular flexibility index (Phi) is 5.17. The fourth-order valence-electron chi connectivity index (χ4n) is 2.79. The Labute approximate surface area is 149 Å². The van der Waals surface area contributed by atoms with Crippen LogP contribution >= 0.6 is 15.9 Å². The molecule has 0 spiro atoms. The summed E-state index contributed by atoms with van der Waals surface area (Å²) in [5, 5.41) is 4.38. The first-order chi connectivity index (χ1) is 11.5. The minimum absolute atomic E-state index is 0.107. The van der Waals surface area contributed by atoms with E-state index in [-0.39, 0.29) is 23.5 Å². The van der Waals surface area contributed by atoms with Crippen molar-refractivity contribution in [2.24, 2.45) is 0 Å². The van der Waals surface area contributed by atoms with Gasteiger partial charge in [-0.15, -0.1) is 0 Å². The van der Waals surface area contributed by atoms with E-state index >= 15 is 0 Å². The van der Waals surface area contributed by atoms with Crippen LogP contribution in [0.25, 0.3) is 0 Å². The second-order valence-electron chi connectivity index (χ2n) is 5.71. The largest absolute Gasteiger partial charge is 0.268 e. The zero-order valence-corrected chi connectivity index (χ0v) is 15.4. The monoisotopic (exact) mass is 411 g/mol. The van der Waals surface area contributed by atoms with E-state index in [2.05, 4.69) is 25.8 Å². The van der Waals surface area contributed by atoms with Gasteiger partial charge < -0.3 is 0 Å². The number of rotatable bonds is 5. The highest BCUT2D eigenvalue weighted by Gasteiger charge is 2.17. The van der Waals surface area contributed by atoms with E-state index in [1.807, 2.05) is 0 Å². The molecule has 1 heterocycles. The number of hydrogen-bond acceptors (Lipinski definition) is 4. The molecular weight excluding hydrogens is 394 g/mol. The summed E-state index contributed by atoms with van der Waals surface area (Å²) < 4.78 is 29.0. The summed E-state index contributed by atoms with van der Waals surface area (Å²) in [6.45, 7) is 0.311. The normalized spacial score (nSPS) is 14.4. The Morgan fingerprint density at radius 3 is 2.75 bits per heavy atom. The molecule has 1 aromatic carbocycles. The Hall–Kier alpha value is -1.51. The van der Waals surface area contributed by atoms with E-state index in [4.69, 9.17) is 0 Å². The predicted octanol–water partition coefficient (Wildman–Crippen LogP) is 1.86. The van der Waals surface area contributed by atoms with E-state index in [9.17, 15) is 13.2 Å². The lowest BCUT2D eigenvalue weighted by atomic mass is 9.97. The zero-order valence-electron chi connectivity index (χ0n) is 13.0. The number of nitrogens with zero attached hydrogens (tertiary/aromatic N) is 2. The first-order valence-corrected chi connectivity index (χ1v) is 10.1. The lowest BCUT2D eigenvalue weighted by Crippen LogP contribution is -2.33. The fourth-order valence-corrected chi connectivity index (χ4v) is 4.81. The number of sulfonamides is 1. The maximum atomic E-state index is 12.3. The maximum Gasteiger partial charge on any atom is 0.267 e. The maximum absolute atomic E-state index is 12.3. The summed E-state index contributed by atoms with van der Waals surface area (Å²) in [6, 6.07) is 8.23. The number of fused-ring (bicyclic) bond motifs is 1. The van der Waals surface area contributed by atoms with Gasteiger partial charge in [-0.1, -0.05) is 12.1 Å². The van der Waals surface area contributed by atoms with Crippen LogP contribution in [-0.4, -0.2) is 24.7 Å². The molecule has 0 unspecified atom stereocenters. The first kappa shape index (κ1) is 17.3. The molecule has 6 nitrogen and oxygen atoms in total. The molecule has 0 saturated heterocycles. The Bertz CT molecular complexity index is 909. The third-order valence-corrected chi connectivity index (χ3v) is 6.49. The lowest BCUT2D eigenvalue weighted by Gasteiger charge is -2.16. The molecule has 1 aromatic heterocycles. The smallest absolute Gasteiger partial charge is 0.267 e.